The van der Waals surface area contributed by atoms with E-state index in [9.17, 15) is 9.59 Å². The standard InChI is InChI=1S/C16H15N3O3/c1-10(8-17)6-14(16(21)22)19-15(20)12-7-11-4-2-3-5-13(11)18-9-12/h2-5,7,9-10,14H,6H2,1H3,(H,19,20)(H,21,22)/t10-,14+/m1/s1. The topological polar surface area (TPSA) is 103 Å². The van der Waals surface area contributed by atoms with Crippen molar-refractivity contribution in [1.29, 1.82) is 5.26 Å². The summed E-state index contributed by atoms with van der Waals surface area (Å²) >= 11 is 0. The molecule has 1 aromatic heterocycles. The predicted octanol–water partition coefficient (Wildman–Crippen LogP) is 1.97. The van der Waals surface area contributed by atoms with E-state index in [1.807, 2.05) is 30.3 Å². The molecule has 2 N–H and O–H groups in total. The molecule has 1 amide bonds. The second-order valence-corrected chi connectivity index (χ2v) is 5.05. The van der Waals surface area contributed by atoms with Crippen LogP contribution in [0, 0.1) is 17.2 Å². The number of benzene rings is 1. The molecule has 0 bridgehead atoms. The Balaban J connectivity index is 2.18. The number of amides is 1. The predicted molar refractivity (Wildman–Crippen MR) is 80.0 cm³/mol. The Bertz CT molecular complexity index is 752. The minimum Gasteiger partial charge on any atom is -0.480 e. The Kier molecular flexibility index (Phi) is 4.69. The van der Waals surface area contributed by atoms with Gasteiger partial charge in [0.2, 0.25) is 0 Å². The average molecular weight is 297 g/mol. The fourth-order valence-electron chi connectivity index (χ4n) is 2.06. The molecule has 2 atom stereocenters. The lowest BCUT2D eigenvalue weighted by Crippen LogP contribution is -2.41. The van der Waals surface area contributed by atoms with Crippen LogP contribution in [0.1, 0.15) is 23.7 Å². The lowest BCUT2D eigenvalue weighted by atomic mass is 10.0. The number of nitriles is 1. The summed E-state index contributed by atoms with van der Waals surface area (Å²) in [6.45, 7) is 1.61. The molecule has 0 unspecified atom stereocenters. The van der Waals surface area contributed by atoms with Gasteiger partial charge in [0.1, 0.15) is 6.04 Å². The van der Waals surface area contributed by atoms with Gasteiger partial charge >= 0.3 is 5.97 Å². The highest BCUT2D eigenvalue weighted by molar-refractivity contribution is 5.99. The van der Waals surface area contributed by atoms with Gasteiger partial charge in [-0.3, -0.25) is 9.78 Å². The number of carboxylic acid groups (broad SMARTS) is 1. The van der Waals surface area contributed by atoms with Gasteiger partial charge in [-0.25, -0.2) is 4.79 Å². The Morgan fingerprint density at radius 3 is 2.82 bits per heavy atom. The molecule has 0 spiro atoms. The summed E-state index contributed by atoms with van der Waals surface area (Å²) in [6, 6.07) is 9.84. The second-order valence-electron chi connectivity index (χ2n) is 5.05. The van der Waals surface area contributed by atoms with Crippen LogP contribution in [0.15, 0.2) is 36.5 Å². The Hall–Kier alpha value is -2.94. The summed E-state index contributed by atoms with van der Waals surface area (Å²) in [4.78, 5) is 27.5. The Morgan fingerprint density at radius 1 is 1.41 bits per heavy atom. The smallest absolute Gasteiger partial charge is 0.326 e. The van der Waals surface area contributed by atoms with E-state index < -0.39 is 23.8 Å². The molecule has 22 heavy (non-hydrogen) atoms. The summed E-state index contributed by atoms with van der Waals surface area (Å²) in [5.74, 6) is -2.14. The molecule has 0 aliphatic heterocycles. The van der Waals surface area contributed by atoms with E-state index in [2.05, 4.69) is 10.3 Å². The number of hydrogen-bond acceptors (Lipinski definition) is 4. The molecule has 0 saturated heterocycles. The zero-order chi connectivity index (χ0) is 16.1. The van der Waals surface area contributed by atoms with E-state index in [0.717, 1.165) is 10.9 Å². The van der Waals surface area contributed by atoms with Crippen LogP contribution in [-0.2, 0) is 4.79 Å². The minimum atomic E-state index is -1.16. The molecule has 1 aromatic carbocycles. The number of carboxylic acids is 1. The van der Waals surface area contributed by atoms with Crippen LogP contribution in [-0.4, -0.2) is 28.0 Å². The zero-order valence-electron chi connectivity index (χ0n) is 12.0. The first kappa shape index (κ1) is 15.4. The molecule has 0 radical (unpaired) electrons. The first-order valence-corrected chi connectivity index (χ1v) is 6.79. The number of fused-ring (bicyclic) bond motifs is 1. The number of hydrogen-bond donors (Lipinski definition) is 2. The van der Waals surface area contributed by atoms with E-state index in [4.69, 9.17) is 10.4 Å². The highest BCUT2D eigenvalue weighted by Gasteiger charge is 2.23. The monoisotopic (exact) mass is 297 g/mol. The van der Waals surface area contributed by atoms with E-state index in [0.29, 0.717) is 0 Å². The van der Waals surface area contributed by atoms with Crippen LogP contribution >= 0.6 is 0 Å². The number of para-hydroxylation sites is 1. The fraction of sp³-hybridized carbons (Fsp3) is 0.250. The summed E-state index contributed by atoms with van der Waals surface area (Å²) in [5, 5.41) is 21.1. The molecule has 2 rings (SSSR count). The number of aromatic nitrogens is 1. The molecular weight excluding hydrogens is 282 g/mol. The third-order valence-corrected chi connectivity index (χ3v) is 3.27. The largest absolute Gasteiger partial charge is 0.480 e. The van der Waals surface area contributed by atoms with E-state index >= 15 is 0 Å². The molecule has 6 heteroatoms. The lowest BCUT2D eigenvalue weighted by molar-refractivity contribution is -0.139. The molecule has 6 nitrogen and oxygen atoms in total. The first-order valence-electron chi connectivity index (χ1n) is 6.79. The van der Waals surface area contributed by atoms with Crippen LogP contribution in [0.5, 0.6) is 0 Å². The third-order valence-electron chi connectivity index (χ3n) is 3.27. The van der Waals surface area contributed by atoms with Gasteiger partial charge in [-0.2, -0.15) is 5.26 Å². The van der Waals surface area contributed by atoms with E-state index in [1.54, 1.807) is 13.0 Å². The van der Waals surface area contributed by atoms with Crippen LogP contribution in [0.2, 0.25) is 0 Å². The van der Waals surface area contributed by atoms with Crippen molar-refractivity contribution in [1.82, 2.24) is 10.3 Å². The van der Waals surface area contributed by atoms with Crippen LogP contribution in [0.25, 0.3) is 10.9 Å². The molecule has 0 aliphatic rings. The van der Waals surface area contributed by atoms with Crippen molar-refractivity contribution < 1.29 is 14.7 Å². The van der Waals surface area contributed by atoms with Crippen LogP contribution < -0.4 is 5.32 Å². The summed E-state index contributed by atoms with van der Waals surface area (Å²) in [5.41, 5.74) is 1.04. The van der Waals surface area contributed by atoms with Crippen molar-refractivity contribution in [2.75, 3.05) is 0 Å². The second kappa shape index (κ2) is 6.68. The fourth-order valence-corrected chi connectivity index (χ4v) is 2.06. The van der Waals surface area contributed by atoms with Gasteiger partial charge in [-0.05, 0) is 25.5 Å². The van der Waals surface area contributed by atoms with Gasteiger partial charge in [0.05, 0.1) is 17.1 Å². The number of aliphatic carboxylic acids is 1. The van der Waals surface area contributed by atoms with Crippen LogP contribution in [0.4, 0.5) is 0 Å². The number of nitrogens with one attached hydrogen (secondary N) is 1. The quantitative estimate of drug-likeness (QED) is 0.878. The van der Waals surface area contributed by atoms with Crippen molar-refractivity contribution >= 4 is 22.8 Å². The number of carbonyl (C=O) groups is 2. The zero-order valence-corrected chi connectivity index (χ0v) is 12.0. The number of nitrogens with zero attached hydrogens (tertiary/aromatic N) is 2. The van der Waals surface area contributed by atoms with Gasteiger partial charge in [0, 0.05) is 17.5 Å². The van der Waals surface area contributed by atoms with Gasteiger partial charge in [-0.1, -0.05) is 18.2 Å². The summed E-state index contributed by atoms with van der Waals surface area (Å²) < 4.78 is 0. The minimum absolute atomic E-state index is 0.0541. The summed E-state index contributed by atoms with van der Waals surface area (Å²) in [6.07, 6.45) is 1.46. The Labute approximate surface area is 127 Å². The molecule has 0 fully saturated rings. The number of rotatable bonds is 5. The normalized spacial score (nSPS) is 13.1. The van der Waals surface area contributed by atoms with E-state index in [-0.39, 0.29) is 12.0 Å². The lowest BCUT2D eigenvalue weighted by Gasteiger charge is -2.15. The molecule has 0 aliphatic carbocycles. The van der Waals surface area contributed by atoms with Crippen molar-refractivity contribution in [2.24, 2.45) is 5.92 Å². The molecular formula is C16H15N3O3. The Morgan fingerprint density at radius 2 is 2.14 bits per heavy atom. The van der Waals surface area contributed by atoms with Crippen molar-refractivity contribution in [3.05, 3.63) is 42.1 Å². The molecule has 2 aromatic rings. The summed E-state index contributed by atoms with van der Waals surface area (Å²) in [7, 11) is 0. The van der Waals surface area contributed by atoms with Crippen LogP contribution in [0.3, 0.4) is 0 Å². The maximum Gasteiger partial charge on any atom is 0.326 e. The SMILES string of the molecule is C[C@@H](C#N)C[C@H](NC(=O)c1cnc2ccccc2c1)C(=O)O. The molecule has 1 heterocycles. The van der Waals surface area contributed by atoms with Gasteiger partial charge in [0.15, 0.2) is 0 Å². The number of pyridine rings is 1. The van der Waals surface area contributed by atoms with Crippen molar-refractivity contribution in [3.8, 4) is 6.07 Å². The third kappa shape index (κ3) is 3.58. The van der Waals surface area contributed by atoms with Gasteiger partial charge in [-0.15, -0.1) is 0 Å². The van der Waals surface area contributed by atoms with Crippen molar-refractivity contribution in [2.45, 2.75) is 19.4 Å². The maximum atomic E-state index is 12.2. The van der Waals surface area contributed by atoms with E-state index in [1.165, 1.54) is 6.20 Å². The molecule has 0 saturated carbocycles. The first-order chi connectivity index (χ1) is 10.5. The van der Waals surface area contributed by atoms with Crippen molar-refractivity contribution in [3.63, 3.8) is 0 Å². The van der Waals surface area contributed by atoms with Gasteiger partial charge in [0.25, 0.3) is 5.91 Å². The maximum absolute atomic E-state index is 12.2. The number of carbonyl (C=O) groups excluding carboxylic acids is 1. The average Bonchev–Trinajstić information content (AvgIpc) is 2.53. The highest BCUT2D eigenvalue weighted by atomic mass is 16.4. The highest BCUT2D eigenvalue weighted by Crippen LogP contribution is 2.13. The molecule has 112 valence electrons. The van der Waals surface area contributed by atoms with Gasteiger partial charge < -0.3 is 10.4 Å².